The fourth-order valence-corrected chi connectivity index (χ4v) is 1.52. The lowest BCUT2D eigenvalue weighted by Gasteiger charge is -2.08. The molecule has 1 aromatic heterocycles. The molecule has 0 aliphatic carbocycles. The van der Waals surface area contributed by atoms with E-state index < -0.39 is 5.97 Å². The Kier molecular flexibility index (Phi) is 3.82. The number of carboxylic acid groups (broad SMARTS) is 1. The van der Waals surface area contributed by atoms with Gasteiger partial charge in [-0.2, -0.15) is 5.26 Å². The Morgan fingerprint density at radius 2 is 2.00 bits per heavy atom. The van der Waals surface area contributed by atoms with Crippen LogP contribution >= 0.6 is 0 Å². The maximum absolute atomic E-state index is 10.7. The Morgan fingerprint density at radius 1 is 1.25 bits per heavy atom. The molecule has 2 aromatic rings. The van der Waals surface area contributed by atoms with Gasteiger partial charge in [0.2, 0.25) is 0 Å². The minimum Gasteiger partial charge on any atom is -0.497 e. The fraction of sp³-hybridized carbons (Fsp3) is 0.0714. The maximum Gasteiger partial charge on any atom is 0.354 e. The van der Waals surface area contributed by atoms with Crippen molar-refractivity contribution in [3.05, 3.63) is 47.8 Å². The first-order valence-corrected chi connectivity index (χ1v) is 5.59. The van der Waals surface area contributed by atoms with E-state index in [-0.39, 0.29) is 5.69 Å². The number of carboxylic acids is 1. The van der Waals surface area contributed by atoms with E-state index in [1.54, 1.807) is 18.2 Å². The largest absolute Gasteiger partial charge is 0.497 e. The highest BCUT2D eigenvalue weighted by atomic mass is 16.5. The summed E-state index contributed by atoms with van der Waals surface area (Å²) in [7, 11) is 1.49. The van der Waals surface area contributed by atoms with Crippen molar-refractivity contribution in [1.82, 2.24) is 4.98 Å². The van der Waals surface area contributed by atoms with E-state index >= 15 is 0 Å². The van der Waals surface area contributed by atoms with Gasteiger partial charge in [0.1, 0.15) is 22.9 Å². The monoisotopic (exact) mass is 270 g/mol. The van der Waals surface area contributed by atoms with Crippen LogP contribution in [-0.2, 0) is 0 Å². The fourth-order valence-electron chi connectivity index (χ4n) is 1.52. The van der Waals surface area contributed by atoms with Crippen LogP contribution in [0.25, 0.3) is 0 Å². The maximum atomic E-state index is 10.7. The lowest BCUT2D eigenvalue weighted by atomic mass is 10.2. The lowest BCUT2D eigenvalue weighted by molar-refractivity contribution is 0.0690. The van der Waals surface area contributed by atoms with Crippen LogP contribution in [0.3, 0.4) is 0 Å². The smallest absolute Gasteiger partial charge is 0.354 e. The van der Waals surface area contributed by atoms with E-state index in [9.17, 15) is 4.79 Å². The second-order valence-electron chi connectivity index (χ2n) is 3.80. The normalized spacial score (nSPS) is 9.60. The van der Waals surface area contributed by atoms with Crippen molar-refractivity contribution in [2.45, 2.75) is 0 Å². The molecule has 100 valence electrons. The van der Waals surface area contributed by atoms with Gasteiger partial charge in [0.15, 0.2) is 0 Å². The Labute approximate surface area is 114 Å². The van der Waals surface area contributed by atoms with Gasteiger partial charge >= 0.3 is 5.97 Å². The molecule has 0 amide bonds. The summed E-state index contributed by atoms with van der Waals surface area (Å²) in [6.45, 7) is 0. The number of aromatic nitrogens is 1. The summed E-state index contributed by atoms with van der Waals surface area (Å²) < 4.78 is 10.6. The van der Waals surface area contributed by atoms with Gasteiger partial charge in [-0.1, -0.05) is 0 Å². The lowest BCUT2D eigenvalue weighted by Crippen LogP contribution is -1.99. The molecule has 6 heteroatoms. The summed E-state index contributed by atoms with van der Waals surface area (Å²) in [6, 6.07) is 9.57. The van der Waals surface area contributed by atoms with E-state index in [2.05, 4.69) is 4.98 Å². The summed E-state index contributed by atoms with van der Waals surface area (Å²) in [6.07, 6.45) is 1.30. The highest BCUT2D eigenvalue weighted by Gasteiger charge is 2.06. The quantitative estimate of drug-likeness (QED) is 0.917. The number of nitriles is 1. The summed E-state index contributed by atoms with van der Waals surface area (Å²) >= 11 is 0. The molecule has 0 fully saturated rings. The van der Waals surface area contributed by atoms with E-state index in [4.69, 9.17) is 19.8 Å². The van der Waals surface area contributed by atoms with Gasteiger partial charge in [0.25, 0.3) is 0 Å². The van der Waals surface area contributed by atoms with Crippen molar-refractivity contribution in [1.29, 1.82) is 5.26 Å². The number of methoxy groups -OCH3 is 1. The van der Waals surface area contributed by atoms with Crippen molar-refractivity contribution in [3.8, 4) is 23.3 Å². The van der Waals surface area contributed by atoms with Crippen molar-refractivity contribution in [3.63, 3.8) is 0 Å². The molecule has 0 aliphatic heterocycles. The van der Waals surface area contributed by atoms with E-state index in [1.165, 1.54) is 25.4 Å². The van der Waals surface area contributed by atoms with Crippen LogP contribution in [-0.4, -0.2) is 23.2 Å². The molecule has 0 saturated heterocycles. The van der Waals surface area contributed by atoms with E-state index in [0.29, 0.717) is 22.8 Å². The number of benzene rings is 1. The number of ether oxygens (including phenoxy) is 2. The average molecular weight is 270 g/mol. The topological polar surface area (TPSA) is 92.4 Å². The molecule has 6 nitrogen and oxygen atoms in total. The predicted octanol–water partition coefficient (Wildman–Crippen LogP) is 2.45. The first-order chi connectivity index (χ1) is 9.62. The first-order valence-electron chi connectivity index (χ1n) is 5.59. The summed E-state index contributed by atoms with van der Waals surface area (Å²) in [5, 5.41) is 17.7. The number of aromatic carboxylic acids is 1. The highest BCUT2D eigenvalue weighted by molar-refractivity contribution is 5.85. The Balaban J connectivity index is 2.25. The first kappa shape index (κ1) is 13.4. The van der Waals surface area contributed by atoms with Crippen LogP contribution < -0.4 is 9.47 Å². The van der Waals surface area contributed by atoms with Crippen LogP contribution in [0.1, 0.15) is 16.1 Å². The molecule has 0 atom stereocenters. The number of rotatable bonds is 4. The zero-order valence-corrected chi connectivity index (χ0v) is 10.5. The third-order valence-electron chi connectivity index (χ3n) is 2.44. The molecule has 1 aromatic carbocycles. The number of nitrogens with zero attached hydrogens (tertiary/aromatic N) is 2. The molecule has 2 rings (SSSR count). The minimum absolute atomic E-state index is 0.0688. The molecule has 0 aliphatic rings. The van der Waals surface area contributed by atoms with Gasteiger partial charge in [0, 0.05) is 6.07 Å². The van der Waals surface area contributed by atoms with Gasteiger partial charge in [0.05, 0.1) is 24.9 Å². The van der Waals surface area contributed by atoms with Crippen molar-refractivity contribution >= 4 is 5.97 Å². The highest BCUT2D eigenvalue weighted by Crippen LogP contribution is 2.26. The third kappa shape index (κ3) is 3.03. The second-order valence-corrected chi connectivity index (χ2v) is 3.80. The molecule has 1 heterocycles. The standard InChI is InChI=1S/C14H10N2O4/c1-19-11-4-9(7-15)5-12(6-11)20-10-2-3-13(14(17)18)16-8-10/h2-6,8H,1H3,(H,17,18). The van der Waals surface area contributed by atoms with Gasteiger partial charge in [-0.15, -0.1) is 0 Å². The van der Waals surface area contributed by atoms with Crippen LogP contribution in [0, 0.1) is 11.3 Å². The number of hydrogen-bond donors (Lipinski definition) is 1. The van der Waals surface area contributed by atoms with Crippen molar-refractivity contribution in [2.24, 2.45) is 0 Å². The number of carbonyl (C=O) groups is 1. The van der Waals surface area contributed by atoms with Crippen LogP contribution in [0.15, 0.2) is 36.5 Å². The minimum atomic E-state index is -1.11. The number of hydrogen-bond acceptors (Lipinski definition) is 5. The summed E-state index contributed by atoms with van der Waals surface area (Å²) in [5.41, 5.74) is 0.329. The van der Waals surface area contributed by atoms with Gasteiger partial charge in [-0.3, -0.25) is 0 Å². The molecule has 20 heavy (non-hydrogen) atoms. The predicted molar refractivity (Wildman–Crippen MR) is 69.0 cm³/mol. The second kappa shape index (κ2) is 5.71. The summed E-state index contributed by atoms with van der Waals surface area (Å²) in [5.74, 6) is 0.164. The SMILES string of the molecule is COc1cc(C#N)cc(Oc2ccc(C(=O)O)nc2)c1. The molecule has 0 saturated carbocycles. The van der Waals surface area contributed by atoms with Gasteiger partial charge < -0.3 is 14.6 Å². The molecule has 1 N–H and O–H groups in total. The summed E-state index contributed by atoms with van der Waals surface area (Å²) in [4.78, 5) is 14.4. The van der Waals surface area contributed by atoms with Crippen LogP contribution in [0.4, 0.5) is 0 Å². The van der Waals surface area contributed by atoms with E-state index in [0.717, 1.165) is 0 Å². The third-order valence-corrected chi connectivity index (χ3v) is 2.44. The molecule has 0 radical (unpaired) electrons. The van der Waals surface area contributed by atoms with Crippen LogP contribution in [0.5, 0.6) is 17.2 Å². The zero-order valence-electron chi connectivity index (χ0n) is 10.5. The molecule has 0 bridgehead atoms. The Hall–Kier alpha value is -3.07. The van der Waals surface area contributed by atoms with Gasteiger partial charge in [-0.05, 0) is 24.3 Å². The molecule has 0 spiro atoms. The van der Waals surface area contributed by atoms with Crippen molar-refractivity contribution < 1.29 is 19.4 Å². The van der Waals surface area contributed by atoms with Crippen LogP contribution in [0.2, 0.25) is 0 Å². The molecule has 0 unspecified atom stereocenters. The van der Waals surface area contributed by atoms with Crippen molar-refractivity contribution in [2.75, 3.05) is 7.11 Å². The Bertz CT molecular complexity index is 675. The van der Waals surface area contributed by atoms with E-state index in [1.807, 2.05) is 6.07 Å². The molecular weight excluding hydrogens is 260 g/mol. The number of pyridine rings is 1. The zero-order chi connectivity index (χ0) is 14.5. The molecular formula is C14H10N2O4. The Morgan fingerprint density at radius 3 is 2.55 bits per heavy atom. The van der Waals surface area contributed by atoms with Gasteiger partial charge in [-0.25, -0.2) is 9.78 Å². The average Bonchev–Trinajstić information content (AvgIpc) is 2.47.